The van der Waals surface area contributed by atoms with Gasteiger partial charge in [0.2, 0.25) is 0 Å². The summed E-state index contributed by atoms with van der Waals surface area (Å²) in [7, 11) is 0. The van der Waals surface area contributed by atoms with Gasteiger partial charge in [-0.1, -0.05) is 6.07 Å². The summed E-state index contributed by atoms with van der Waals surface area (Å²) in [4.78, 5) is 17.2. The van der Waals surface area contributed by atoms with Crippen LogP contribution in [-0.2, 0) is 11.3 Å². The lowest BCUT2D eigenvalue weighted by atomic mass is 10.2. The number of fused-ring (bicyclic) bond motifs is 1. The van der Waals surface area contributed by atoms with Crippen molar-refractivity contribution in [2.75, 3.05) is 0 Å². The normalized spacial score (nSPS) is 11.8. The Kier molecular flexibility index (Phi) is 5.30. The molecular weight excluding hydrogens is 346 g/mol. The summed E-state index contributed by atoms with van der Waals surface area (Å²) in [5.74, 6) is 0.875. The molecule has 140 valence electrons. The highest BCUT2D eigenvalue weighted by atomic mass is 16.3. The third kappa shape index (κ3) is 3.71. The van der Waals surface area contributed by atoms with Crippen molar-refractivity contribution in [2.45, 2.75) is 33.4 Å². The van der Waals surface area contributed by atoms with Crippen molar-refractivity contribution >= 4 is 12.1 Å². The molecular formula is C18H21N7O2. The fourth-order valence-electron chi connectivity index (χ4n) is 3.08. The SMILES string of the molecule is Cc1cc(C)n(CC(C)n2ccnc2-c2cccc3ncnn23)n1.O=CO. The predicted molar refractivity (Wildman–Crippen MR) is 99.3 cm³/mol. The van der Waals surface area contributed by atoms with Crippen LogP contribution in [0.2, 0.25) is 0 Å². The van der Waals surface area contributed by atoms with Crippen LogP contribution in [0.4, 0.5) is 0 Å². The molecule has 4 aromatic heterocycles. The number of carbonyl (C=O) groups is 1. The van der Waals surface area contributed by atoms with Crippen molar-refractivity contribution < 1.29 is 9.90 Å². The van der Waals surface area contributed by atoms with Crippen LogP contribution in [0.1, 0.15) is 24.4 Å². The number of carboxylic acid groups (broad SMARTS) is 1. The zero-order chi connectivity index (χ0) is 19.4. The van der Waals surface area contributed by atoms with Crippen molar-refractivity contribution in [3.8, 4) is 11.5 Å². The van der Waals surface area contributed by atoms with Crippen LogP contribution in [0.3, 0.4) is 0 Å². The second-order valence-electron chi connectivity index (χ2n) is 6.16. The third-order valence-electron chi connectivity index (χ3n) is 4.21. The predicted octanol–water partition coefficient (Wildman–Crippen LogP) is 2.37. The molecule has 4 rings (SSSR count). The second-order valence-corrected chi connectivity index (χ2v) is 6.16. The Bertz CT molecular complexity index is 1050. The van der Waals surface area contributed by atoms with Crippen LogP contribution in [0.15, 0.2) is 43.0 Å². The lowest BCUT2D eigenvalue weighted by Crippen LogP contribution is -2.16. The van der Waals surface area contributed by atoms with Gasteiger partial charge in [0.05, 0.1) is 18.3 Å². The van der Waals surface area contributed by atoms with Gasteiger partial charge in [0.25, 0.3) is 6.47 Å². The summed E-state index contributed by atoms with van der Waals surface area (Å²) >= 11 is 0. The first-order valence-electron chi connectivity index (χ1n) is 8.46. The average Bonchev–Trinajstić information content (AvgIpc) is 3.35. The molecule has 1 atom stereocenters. The van der Waals surface area contributed by atoms with Crippen LogP contribution >= 0.6 is 0 Å². The number of hydrogen-bond donors (Lipinski definition) is 1. The minimum Gasteiger partial charge on any atom is -0.483 e. The van der Waals surface area contributed by atoms with E-state index in [1.54, 1.807) is 6.33 Å². The van der Waals surface area contributed by atoms with E-state index in [0.717, 1.165) is 29.4 Å². The van der Waals surface area contributed by atoms with Crippen molar-refractivity contribution in [3.63, 3.8) is 0 Å². The fraction of sp³-hybridized carbons (Fsp3) is 0.278. The molecule has 9 heteroatoms. The smallest absolute Gasteiger partial charge is 0.290 e. The summed E-state index contributed by atoms with van der Waals surface area (Å²) in [6.07, 6.45) is 5.38. The Morgan fingerprint density at radius 2 is 2.04 bits per heavy atom. The maximum atomic E-state index is 8.36. The van der Waals surface area contributed by atoms with Gasteiger partial charge in [0.15, 0.2) is 11.5 Å². The van der Waals surface area contributed by atoms with E-state index in [-0.39, 0.29) is 12.5 Å². The van der Waals surface area contributed by atoms with E-state index in [1.165, 1.54) is 5.69 Å². The number of pyridine rings is 1. The average molecular weight is 367 g/mol. The summed E-state index contributed by atoms with van der Waals surface area (Å²) in [5.41, 5.74) is 3.95. The molecule has 0 aliphatic carbocycles. The van der Waals surface area contributed by atoms with Crippen LogP contribution in [0.5, 0.6) is 0 Å². The number of hydrogen-bond acceptors (Lipinski definition) is 5. The molecule has 27 heavy (non-hydrogen) atoms. The molecule has 0 saturated heterocycles. The topological polar surface area (TPSA) is 103 Å². The number of rotatable bonds is 4. The third-order valence-corrected chi connectivity index (χ3v) is 4.21. The first-order valence-corrected chi connectivity index (χ1v) is 8.46. The van der Waals surface area contributed by atoms with E-state index in [0.29, 0.717) is 0 Å². The summed E-state index contributed by atoms with van der Waals surface area (Å²) in [6.45, 7) is 6.80. The maximum Gasteiger partial charge on any atom is 0.290 e. The molecule has 0 fully saturated rings. The first-order chi connectivity index (χ1) is 13.0. The lowest BCUT2D eigenvalue weighted by Gasteiger charge is -2.17. The number of aromatic nitrogens is 7. The van der Waals surface area contributed by atoms with Gasteiger partial charge in [0, 0.05) is 18.1 Å². The highest BCUT2D eigenvalue weighted by molar-refractivity contribution is 5.56. The molecule has 0 bridgehead atoms. The van der Waals surface area contributed by atoms with Crippen LogP contribution in [0.25, 0.3) is 17.2 Å². The molecule has 0 aromatic carbocycles. The summed E-state index contributed by atoms with van der Waals surface area (Å²) in [5, 5.41) is 15.8. The molecule has 0 spiro atoms. The summed E-state index contributed by atoms with van der Waals surface area (Å²) < 4.78 is 6.02. The van der Waals surface area contributed by atoms with Crippen molar-refractivity contribution in [3.05, 3.63) is 54.4 Å². The van der Waals surface area contributed by atoms with Crippen LogP contribution in [-0.4, -0.2) is 45.5 Å². The van der Waals surface area contributed by atoms with Gasteiger partial charge in [-0.25, -0.2) is 14.5 Å². The van der Waals surface area contributed by atoms with Gasteiger partial charge in [-0.3, -0.25) is 9.48 Å². The van der Waals surface area contributed by atoms with Gasteiger partial charge in [-0.15, -0.1) is 0 Å². The Balaban J connectivity index is 0.000000659. The Morgan fingerprint density at radius 3 is 2.74 bits per heavy atom. The number of imidazole rings is 1. The summed E-state index contributed by atoms with van der Waals surface area (Å²) in [6, 6.07) is 8.22. The van der Waals surface area contributed by atoms with Crippen molar-refractivity contribution in [2.24, 2.45) is 0 Å². The molecule has 0 aliphatic rings. The van der Waals surface area contributed by atoms with Gasteiger partial charge in [-0.05, 0) is 39.0 Å². The molecule has 1 unspecified atom stereocenters. The van der Waals surface area contributed by atoms with Gasteiger partial charge >= 0.3 is 0 Å². The monoisotopic (exact) mass is 367 g/mol. The van der Waals surface area contributed by atoms with Gasteiger partial charge < -0.3 is 9.67 Å². The largest absolute Gasteiger partial charge is 0.483 e. The highest BCUT2D eigenvalue weighted by Crippen LogP contribution is 2.22. The van der Waals surface area contributed by atoms with Crippen molar-refractivity contribution in [1.29, 1.82) is 0 Å². The van der Waals surface area contributed by atoms with E-state index in [2.05, 4.69) is 44.6 Å². The van der Waals surface area contributed by atoms with Crippen molar-refractivity contribution in [1.82, 2.24) is 33.9 Å². The zero-order valence-corrected chi connectivity index (χ0v) is 15.4. The van der Waals surface area contributed by atoms with Crippen LogP contribution < -0.4 is 0 Å². The first kappa shape index (κ1) is 18.3. The molecule has 4 aromatic rings. The lowest BCUT2D eigenvalue weighted by molar-refractivity contribution is -0.122. The second kappa shape index (κ2) is 7.81. The van der Waals surface area contributed by atoms with E-state index >= 15 is 0 Å². The Morgan fingerprint density at radius 1 is 1.26 bits per heavy atom. The minimum atomic E-state index is -0.250. The molecule has 0 radical (unpaired) electrons. The van der Waals surface area contributed by atoms with Crippen LogP contribution in [0, 0.1) is 13.8 Å². The van der Waals surface area contributed by atoms with E-state index in [9.17, 15) is 0 Å². The van der Waals surface area contributed by atoms with Gasteiger partial charge in [-0.2, -0.15) is 10.2 Å². The quantitative estimate of drug-likeness (QED) is 0.556. The number of nitrogens with zero attached hydrogens (tertiary/aromatic N) is 7. The van der Waals surface area contributed by atoms with E-state index in [4.69, 9.17) is 9.90 Å². The Labute approximate surface area is 155 Å². The molecule has 1 N–H and O–H groups in total. The van der Waals surface area contributed by atoms with Gasteiger partial charge in [0.1, 0.15) is 12.0 Å². The minimum absolute atomic E-state index is 0.208. The zero-order valence-electron chi connectivity index (χ0n) is 15.4. The number of aryl methyl sites for hydroxylation is 2. The fourth-order valence-corrected chi connectivity index (χ4v) is 3.08. The van der Waals surface area contributed by atoms with E-state index in [1.807, 2.05) is 46.7 Å². The molecule has 0 amide bonds. The maximum absolute atomic E-state index is 8.36. The Hall–Kier alpha value is -3.49. The molecule has 9 nitrogen and oxygen atoms in total. The van der Waals surface area contributed by atoms with E-state index < -0.39 is 0 Å². The molecule has 0 aliphatic heterocycles. The highest BCUT2D eigenvalue weighted by Gasteiger charge is 2.16. The molecule has 4 heterocycles. The standard InChI is InChI=1S/C17H19N7.CH2O2/c1-12-9-13(2)23(21-12)10-14(3)22-8-7-18-17(22)15-5-4-6-16-19-11-20-24(15)16;2-1-3/h4-9,11,14H,10H2,1-3H3;1H,(H,2,3). The molecule has 0 saturated carbocycles.